The Balaban J connectivity index is 0.806. The van der Waals surface area contributed by atoms with Crippen LogP contribution < -0.4 is 15.5 Å². The van der Waals surface area contributed by atoms with E-state index in [-0.39, 0.29) is 110 Å². The first-order chi connectivity index (χ1) is 38.4. The summed E-state index contributed by atoms with van der Waals surface area (Å²) in [5.41, 5.74) is 5.57. The average molecular weight is 1130 g/mol. The van der Waals surface area contributed by atoms with Crippen molar-refractivity contribution in [1.82, 2.24) is 40.1 Å². The fourth-order valence-electron chi connectivity index (χ4n) is 10.4. The largest absolute Gasteiger partial charge is 0.508 e. The second-order valence-electron chi connectivity index (χ2n) is 20.6. The van der Waals surface area contributed by atoms with Crippen LogP contribution in [0.2, 0.25) is 5.02 Å². The van der Waals surface area contributed by atoms with Crippen LogP contribution in [0.5, 0.6) is 5.75 Å². The predicted octanol–water partition coefficient (Wildman–Crippen LogP) is 7.90. The molecule has 0 bridgehead atoms. The molecular formula is C58H66ClFN10O9S. The first-order valence-corrected chi connectivity index (χ1v) is 28.0. The van der Waals surface area contributed by atoms with Gasteiger partial charge in [-0.25, -0.2) is 14.4 Å². The molecule has 3 aromatic heterocycles. The maximum absolute atomic E-state index is 17.1. The zero-order valence-electron chi connectivity index (χ0n) is 45.6. The molecule has 7 aromatic rings. The fraction of sp³-hybridized carbons (Fsp3) is 0.414. The zero-order chi connectivity index (χ0) is 56.8. The molecule has 5 heterocycles. The second-order valence-corrected chi connectivity index (χ2v) is 21.9. The second kappa shape index (κ2) is 25.4. The number of fused-ring (bicyclic) bond motifs is 2. The minimum absolute atomic E-state index is 0.000449. The summed E-state index contributed by atoms with van der Waals surface area (Å²) in [6.45, 7) is 11.9. The van der Waals surface area contributed by atoms with Crippen molar-refractivity contribution in [2.75, 3.05) is 89.5 Å². The highest BCUT2D eigenvalue weighted by Gasteiger charge is 2.44. The molecule has 4 N–H and O–H groups in total. The summed E-state index contributed by atoms with van der Waals surface area (Å²) in [6, 6.07) is 20.0. The van der Waals surface area contributed by atoms with E-state index in [9.17, 15) is 29.4 Å². The number of nitrogens with one attached hydrogen (secondary N) is 2. The topological polar surface area (TPSA) is 229 Å². The summed E-state index contributed by atoms with van der Waals surface area (Å²) in [4.78, 5) is 75.4. The van der Waals surface area contributed by atoms with Gasteiger partial charge in [-0.2, -0.15) is 4.98 Å². The van der Waals surface area contributed by atoms with Crippen LogP contribution in [-0.4, -0.2) is 160 Å². The van der Waals surface area contributed by atoms with E-state index in [0.717, 1.165) is 21.7 Å². The van der Waals surface area contributed by atoms with E-state index in [0.29, 0.717) is 65.2 Å². The fourth-order valence-corrected chi connectivity index (χ4v) is 11.5. The van der Waals surface area contributed by atoms with Crippen LogP contribution in [0.3, 0.4) is 0 Å². The van der Waals surface area contributed by atoms with Crippen LogP contribution in [0.25, 0.3) is 43.2 Å². The number of carbonyl (C=O) groups is 4. The Morgan fingerprint density at radius 1 is 0.963 bits per heavy atom. The van der Waals surface area contributed by atoms with E-state index in [1.165, 1.54) is 29.2 Å². The molecule has 2 fully saturated rings. The molecule has 2 aliphatic heterocycles. The van der Waals surface area contributed by atoms with Crippen LogP contribution >= 0.6 is 22.9 Å². The maximum Gasteiger partial charge on any atom is 0.243 e. The number of nitrogens with zero attached hydrogens (tertiary/aromatic N) is 8. The number of benzene rings is 4. The number of phenolic OH excluding ortho intramolecular Hbond substituents is 1. The summed E-state index contributed by atoms with van der Waals surface area (Å²) < 4.78 is 34.6. The van der Waals surface area contributed by atoms with E-state index in [2.05, 4.69) is 25.8 Å². The molecule has 4 aromatic carbocycles. The van der Waals surface area contributed by atoms with Crippen molar-refractivity contribution in [2.24, 2.45) is 5.92 Å². The van der Waals surface area contributed by atoms with E-state index in [1.54, 1.807) is 47.5 Å². The van der Waals surface area contributed by atoms with Crippen LogP contribution in [0.4, 0.5) is 16.2 Å². The van der Waals surface area contributed by atoms with Gasteiger partial charge in [0.15, 0.2) is 5.82 Å². The third-order valence-corrected chi connectivity index (χ3v) is 15.9. The van der Waals surface area contributed by atoms with Gasteiger partial charge in [0.1, 0.15) is 34.8 Å². The van der Waals surface area contributed by atoms with E-state index in [1.807, 2.05) is 74.2 Å². The van der Waals surface area contributed by atoms with Gasteiger partial charge in [0, 0.05) is 89.6 Å². The normalized spacial score (nSPS) is 16.4. The number of likely N-dealkylation sites (tertiary alicyclic amines) is 1. The van der Waals surface area contributed by atoms with Crippen LogP contribution in [0.1, 0.15) is 68.3 Å². The predicted molar refractivity (Wildman–Crippen MR) is 304 cm³/mol. The van der Waals surface area contributed by atoms with Crippen molar-refractivity contribution in [2.45, 2.75) is 71.6 Å². The maximum atomic E-state index is 17.1. The minimum Gasteiger partial charge on any atom is -0.508 e. The number of β-amino-alcohol motifs (C(OH)–C–C–N with tert-alkyl or cyclic N) is 1. The number of amides is 4. The first-order valence-electron chi connectivity index (χ1n) is 26.7. The number of aromatic nitrogens is 4. The Kier molecular flexibility index (Phi) is 18.2. The average Bonchev–Trinajstić information content (AvgIpc) is 4.20. The molecule has 0 unspecified atom stereocenters. The molecule has 0 spiro atoms. The number of anilines is 2. The molecule has 80 heavy (non-hydrogen) atoms. The van der Waals surface area contributed by atoms with Gasteiger partial charge in [0.05, 0.1) is 65.4 Å². The number of ether oxygens (including phenoxy) is 2. The van der Waals surface area contributed by atoms with Crippen LogP contribution in [-0.2, 0) is 28.7 Å². The Morgan fingerprint density at radius 3 is 2.41 bits per heavy atom. The molecule has 0 saturated carbocycles. The molecule has 2 saturated heterocycles. The van der Waals surface area contributed by atoms with Gasteiger partial charge >= 0.3 is 0 Å². The third-order valence-electron chi connectivity index (χ3n) is 14.7. The van der Waals surface area contributed by atoms with Gasteiger partial charge in [0.2, 0.25) is 29.6 Å². The third kappa shape index (κ3) is 13.0. The molecule has 4 atom stereocenters. The molecule has 4 amide bonds. The number of aliphatic hydroxyl groups is 1. The smallest absolute Gasteiger partial charge is 0.243 e. The molecule has 2 aliphatic rings. The number of piperazine rings is 1. The van der Waals surface area contributed by atoms with Crippen molar-refractivity contribution >= 4 is 80.0 Å². The molecule has 22 heteroatoms. The van der Waals surface area contributed by atoms with Crippen molar-refractivity contribution < 1.29 is 47.8 Å². The Morgan fingerprint density at radius 2 is 1.71 bits per heavy atom. The summed E-state index contributed by atoms with van der Waals surface area (Å²) >= 11 is 8.44. The number of aryl methyl sites for hydroxylation is 2. The Bertz CT molecular complexity index is 3370. The standard InChI is InChI=1S/C58H66ClFN10O9S/c1-33(2)50(48-25-34(3)66-79-48)57(76)70-30-41(73)28-47(70)56(75)63-46(37-11-13-38(14-12-37)54-35(4)62-32-80-54)31-78-24-23-77-22-21-67(6)49(74)15-16-61-58-64-53-44(55(65-58)69-19-17-68(18-20-69)36(5)71)29-45(59)51(52(53)60)43-27-40(72)26-39-9-7-8-10-42(39)43/h7-14,25-27,29,32-33,41,46-47,50,72-73H,15-24,28,30-31H2,1-6H3,(H,63,75)(H,61,64,65)/t41-,46+,47+,50-/m1/s1. The minimum atomic E-state index is -0.937. The Labute approximate surface area is 472 Å². The molecule has 19 nitrogen and oxygen atoms in total. The number of aliphatic hydroxyl groups excluding tert-OH is 1. The Hall–Kier alpha value is -7.30. The van der Waals surface area contributed by atoms with E-state index < -0.39 is 35.8 Å². The SMILES string of the molecule is CC(=O)N1CCN(c2nc(NCCC(=O)N(C)CCOCCOC[C@H](NC(=O)[C@@H]3C[C@@H](O)CN3C(=O)[C@@H](c3cc(C)no3)C(C)C)c3ccc(-c4scnc4C)cc3)nc3c(F)c(-c4cc(O)cc5ccccc45)c(Cl)cc23)CC1. The number of thiazole rings is 1. The van der Waals surface area contributed by atoms with Crippen molar-refractivity contribution in [3.63, 3.8) is 0 Å². The van der Waals surface area contributed by atoms with Gasteiger partial charge < -0.3 is 54.4 Å². The van der Waals surface area contributed by atoms with Gasteiger partial charge in [-0.05, 0) is 65.4 Å². The monoisotopic (exact) mass is 1130 g/mol. The van der Waals surface area contributed by atoms with Gasteiger partial charge in [-0.3, -0.25) is 19.2 Å². The number of phenols is 1. The number of hydrogen-bond donors (Lipinski definition) is 4. The highest BCUT2D eigenvalue weighted by atomic mass is 35.5. The lowest BCUT2D eigenvalue weighted by atomic mass is 9.91. The number of halogens is 2. The van der Waals surface area contributed by atoms with Crippen molar-refractivity contribution in [3.8, 4) is 27.3 Å². The van der Waals surface area contributed by atoms with Gasteiger partial charge in [-0.15, -0.1) is 11.3 Å². The molecular weight excluding hydrogens is 1070 g/mol. The van der Waals surface area contributed by atoms with Crippen LogP contribution in [0, 0.1) is 25.6 Å². The van der Waals surface area contributed by atoms with E-state index in [4.69, 9.17) is 30.6 Å². The summed E-state index contributed by atoms with van der Waals surface area (Å²) in [5.74, 6) is -1.66. The lowest BCUT2D eigenvalue weighted by molar-refractivity contribution is -0.141. The summed E-state index contributed by atoms with van der Waals surface area (Å²) in [6.07, 6.45) is -0.771. The number of carbonyl (C=O) groups excluding carboxylic acids is 4. The summed E-state index contributed by atoms with van der Waals surface area (Å²) in [5, 5.41) is 33.6. The number of hydrogen-bond acceptors (Lipinski definition) is 16. The number of likely N-dealkylation sites (N-methyl/N-ethyl adjacent to an activating group) is 1. The van der Waals surface area contributed by atoms with E-state index >= 15 is 4.39 Å². The molecule has 422 valence electrons. The first kappa shape index (κ1) is 57.4. The van der Waals surface area contributed by atoms with Gasteiger partial charge in [-0.1, -0.05) is 79.1 Å². The highest BCUT2D eigenvalue weighted by Crippen LogP contribution is 2.43. The van der Waals surface area contributed by atoms with Crippen molar-refractivity contribution in [1.29, 1.82) is 0 Å². The lowest BCUT2D eigenvalue weighted by Crippen LogP contribution is -2.49. The number of aromatic hydroxyl groups is 1. The van der Waals surface area contributed by atoms with Crippen molar-refractivity contribution in [3.05, 3.63) is 112 Å². The summed E-state index contributed by atoms with van der Waals surface area (Å²) in [7, 11) is 1.67. The lowest BCUT2D eigenvalue weighted by Gasteiger charge is -2.35. The molecule has 9 rings (SSSR count). The zero-order valence-corrected chi connectivity index (χ0v) is 47.2. The highest BCUT2D eigenvalue weighted by molar-refractivity contribution is 7.13. The molecule has 0 aliphatic carbocycles. The van der Waals surface area contributed by atoms with Crippen LogP contribution in [0.15, 0.2) is 82.8 Å². The number of rotatable bonds is 21. The van der Waals surface area contributed by atoms with Gasteiger partial charge in [0.25, 0.3) is 0 Å². The quantitative estimate of drug-likeness (QED) is 0.0502. The molecule has 0 radical (unpaired) electrons.